The molecule has 0 unspecified atom stereocenters. The summed E-state index contributed by atoms with van der Waals surface area (Å²) >= 11 is 1.31. The van der Waals surface area contributed by atoms with Gasteiger partial charge >= 0.3 is 5.97 Å². The van der Waals surface area contributed by atoms with Crippen molar-refractivity contribution in [1.29, 1.82) is 0 Å². The number of aromatic nitrogens is 1. The third kappa shape index (κ3) is 3.07. The van der Waals surface area contributed by atoms with E-state index < -0.39 is 5.97 Å². The van der Waals surface area contributed by atoms with E-state index in [4.69, 9.17) is 5.11 Å². The summed E-state index contributed by atoms with van der Waals surface area (Å²) in [7, 11) is 0. The molecule has 94 valence electrons. The topological polar surface area (TPSA) is 62.2 Å². The molecule has 2 rings (SSSR count). The minimum absolute atomic E-state index is 0.0957. The Hall–Kier alpha value is -1.88. The fraction of sp³-hybridized carbons (Fsp3) is 0.231. The molecule has 1 heterocycles. The third-order valence-electron chi connectivity index (χ3n) is 2.66. The van der Waals surface area contributed by atoms with Crippen LogP contribution in [0.15, 0.2) is 29.6 Å². The number of aryl methyl sites for hydroxylation is 1. The van der Waals surface area contributed by atoms with Crippen LogP contribution in [0, 0.1) is 6.92 Å². The Morgan fingerprint density at radius 3 is 2.89 bits per heavy atom. The number of carbonyl (C=O) groups is 1. The molecule has 0 saturated heterocycles. The first-order chi connectivity index (χ1) is 8.66. The highest BCUT2D eigenvalue weighted by atomic mass is 32.1. The van der Waals surface area contributed by atoms with Crippen LogP contribution in [0.4, 0.5) is 5.13 Å². The number of carboxylic acids is 1. The number of hydrogen-bond donors (Lipinski definition) is 2. The smallest absolute Gasteiger partial charge is 0.355 e. The van der Waals surface area contributed by atoms with Gasteiger partial charge in [-0.25, -0.2) is 9.78 Å². The van der Waals surface area contributed by atoms with Gasteiger partial charge in [0.25, 0.3) is 0 Å². The zero-order valence-electron chi connectivity index (χ0n) is 10.0. The molecule has 5 heteroatoms. The van der Waals surface area contributed by atoms with Gasteiger partial charge in [-0.2, -0.15) is 0 Å². The Kier molecular flexibility index (Phi) is 3.94. The average molecular weight is 262 g/mol. The second-order valence-corrected chi connectivity index (χ2v) is 4.80. The van der Waals surface area contributed by atoms with E-state index in [1.807, 2.05) is 12.1 Å². The van der Waals surface area contributed by atoms with Crippen molar-refractivity contribution >= 4 is 22.4 Å². The Morgan fingerprint density at radius 2 is 2.22 bits per heavy atom. The third-order valence-corrected chi connectivity index (χ3v) is 3.46. The van der Waals surface area contributed by atoms with Crippen LogP contribution in [0.5, 0.6) is 0 Å². The summed E-state index contributed by atoms with van der Waals surface area (Å²) in [5.41, 5.74) is 2.66. The van der Waals surface area contributed by atoms with Crippen LogP contribution in [0.25, 0.3) is 0 Å². The van der Waals surface area contributed by atoms with E-state index in [2.05, 4.69) is 29.4 Å². The number of hydrogen-bond acceptors (Lipinski definition) is 4. The van der Waals surface area contributed by atoms with Crippen molar-refractivity contribution in [2.24, 2.45) is 0 Å². The first-order valence-electron chi connectivity index (χ1n) is 5.64. The lowest BCUT2D eigenvalue weighted by Crippen LogP contribution is -2.06. The highest BCUT2D eigenvalue weighted by molar-refractivity contribution is 7.13. The van der Waals surface area contributed by atoms with Crippen molar-refractivity contribution in [2.75, 3.05) is 11.9 Å². The minimum Gasteiger partial charge on any atom is -0.476 e. The van der Waals surface area contributed by atoms with Crippen LogP contribution < -0.4 is 5.32 Å². The molecule has 2 aromatic rings. The van der Waals surface area contributed by atoms with Gasteiger partial charge < -0.3 is 10.4 Å². The molecule has 0 atom stereocenters. The lowest BCUT2D eigenvalue weighted by Gasteiger charge is -2.05. The number of nitrogens with one attached hydrogen (secondary N) is 1. The molecule has 0 saturated carbocycles. The van der Waals surface area contributed by atoms with E-state index in [-0.39, 0.29) is 5.69 Å². The first-order valence-corrected chi connectivity index (χ1v) is 6.52. The lowest BCUT2D eigenvalue weighted by molar-refractivity contribution is 0.0691. The van der Waals surface area contributed by atoms with Crippen molar-refractivity contribution in [2.45, 2.75) is 13.3 Å². The van der Waals surface area contributed by atoms with Crippen molar-refractivity contribution in [3.8, 4) is 0 Å². The summed E-state index contributed by atoms with van der Waals surface area (Å²) in [6.07, 6.45) is 0.897. The zero-order valence-corrected chi connectivity index (χ0v) is 10.8. The second kappa shape index (κ2) is 5.64. The standard InChI is InChI=1S/C13H14N2O2S/c1-9-4-2-3-5-10(9)6-7-14-13-15-11(8-18-13)12(16)17/h2-5,8H,6-7H2,1H3,(H,14,15)(H,16,17). The number of benzene rings is 1. The fourth-order valence-corrected chi connectivity index (χ4v) is 2.36. The summed E-state index contributed by atoms with van der Waals surface area (Å²) in [4.78, 5) is 14.6. The number of nitrogens with zero attached hydrogens (tertiary/aromatic N) is 1. The Balaban J connectivity index is 1.88. The van der Waals surface area contributed by atoms with Crippen molar-refractivity contribution < 1.29 is 9.90 Å². The molecular formula is C13H14N2O2S. The van der Waals surface area contributed by atoms with Gasteiger partial charge in [-0.1, -0.05) is 24.3 Å². The molecule has 18 heavy (non-hydrogen) atoms. The quantitative estimate of drug-likeness (QED) is 0.869. The molecule has 0 aliphatic rings. The van der Waals surface area contributed by atoms with Gasteiger partial charge in [-0.3, -0.25) is 0 Å². The van der Waals surface area contributed by atoms with Crippen LogP contribution in [0.1, 0.15) is 21.6 Å². The van der Waals surface area contributed by atoms with Gasteiger partial charge in [-0.05, 0) is 24.5 Å². The number of thiazole rings is 1. The number of anilines is 1. The normalized spacial score (nSPS) is 10.3. The zero-order chi connectivity index (χ0) is 13.0. The van der Waals surface area contributed by atoms with Crippen molar-refractivity contribution in [3.63, 3.8) is 0 Å². The fourth-order valence-electron chi connectivity index (χ4n) is 1.65. The van der Waals surface area contributed by atoms with Crippen LogP contribution in [0.2, 0.25) is 0 Å². The predicted molar refractivity (Wildman–Crippen MR) is 72.4 cm³/mol. The van der Waals surface area contributed by atoms with E-state index in [0.29, 0.717) is 5.13 Å². The highest BCUT2D eigenvalue weighted by Gasteiger charge is 2.07. The molecule has 0 amide bonds. The van der Waals surface area contributed by atoms with E-state index >= 15 is 0 Å². The molecule has 2 N–H and O–H groups in total. The van der Waals surface area contributed by atoms with Gasteiger partial charge in [0.05, 0.1) is 0 Å². The van der Waals surface area contributed by atoms with Crippen molar-refractivity contribution in [3.05, 3.63) is 46.5 Å². The second-order valence-electron chi connectivity index (χ2n) is 3.95. The van der Waals surface area contributed by atoms with Gasteiger partial charge in [0.15, 0.2) is 10.8 Å². The summed E-state index contributed by atoms with van der Waals surface area (Å²) in [6.45, 7) is 2.83. The summed E-state index contributed by atoms with van der Waals surface area (Å²) in [5, 5.41) is 14.1. The summed E-state index contributed by atoms with van der Waals surface area (Å²) in [6, 6.07) is 8.23. The Morgan fingerprint density at radius 1 is 1.44 bits per heavy atom. The Bertz CT molecular complexity index is 551. The van der Waals surface area contributed by atoms with Gasteiger partial charge in [-0.15, -0.1) is 11.3 Å². The predicted octanol–water partition coefficient (Wildman–Crippen LogP) is 2.80. The van der Waals surface area contributed by atoms with E-state index in [1.54, 1.807) is 5.38 Å². The van der Waals surface area contributed by atoms with Crippen LogP contribution in [-0.2, 0) is 6.42 Å². The molecule has 1 aromatic heterocycles. The molecule has 0 spiro atoms. The van der Waals surface area contributed by atoms with Crippen LogP contribution in [-0.4, -0.2) is 22.6 Å². The number of carboxylic acid groups (broad SMARTS) is 1. The SMILES string of the molecule is Cc1ccccc1CCNc1nc(C(=O)O)cs1. The van der Waals surface area contributed by atoms with Crippen LogP contribution in [0.3, 0.4) is 0 Å². The van der Waals surface area contributed by atoms with Gasteiger partial charge in [0.1, 0.15) is 0 Å². The number of rotatable bonds is 5. The minimum atomic E-state index is -0.988. The Labute approximate surface area is 109 Å². The molecule has 0 bridgehead atoms. The summed E-state index contributed by atoms with van der Waals surface area (Å²) in [5.74, 6) is -0.988. The first kappa shape index (κ1) is 12.6. The lowest BCUT2D eigenvalue weighted by atomic mass is 10.1. The molecule has 0 radical (unpaired) electrons. The highest BCUT2D eigenvalue weighted by Crippen LogP contribution is 2.15. The monoisotopic (exact) mass is 262 g/mol. The molecule has 0 aliphatic heterocycles. The maximum absolute atomic E-state index is 10.7. The van der Waals surface area contributed by atoms with E-state index in [0.717, 1.165) is 13.0 Å². The van der Waals surface area contributed by atoms with E-state index in [9.17, 15) is 4.79 Å². The van der Waals surface area contributed by atoms with Crippen molar-refractivity contribution in [1.82, 2.24) is 4.98 Å². The molecule has 0 fully saturated rings. The van der Waals surface area contributed by atoms with Gasteiger partial charge in [0.2, 0.25) is 0 Å². The average Bonchev–Trinajstić information content (AvgIpc) is 2.80. The maximum atomic E-state index is 10.7. The largest absolute Gasteiger partial charge is 0.476 e. The molecular weight excluding hydrogens is 248 g/mol. The molecule has 1 aromatic carbocycles. The summed E-state index contributed by atoms with van der Waals surface area (Å²) < 4.78 is 0. The molecule has 0 aliphatic carbocycles. The number of aromatic carboxylic acids is 1. The maximum Gasteiger partial charge on any atom is 0.355 e. The van der Waals surface area contributed by atoms with Gasteiger partial charge in [0, 0.05) is 11.9 Å². The molecule has 4 nitrogen and oxygen atoms in total. The van der Waals surface area contributed by atoms with E-state index in [1.165, 1.54) is 22.5 Å². The van der Waals surface area contributed by atoms with Crippen LogP contribution >= 0.6 is 11.3 Å².